The number of carbonyl (C=O) groups excluding carboxylic acids is 2. The second-order valence-electron chi connectivity index (χ2n) is 8.11. The van der Waals surface area contributed by atoms with E-state index < -0.39 is 5.54 Å². The lowest BCUT2D eigenvalue weighted by Gasteiger charge is -2.42. The first-order valence-corrected chi connectivity index (χ1v) is 10.1. The minimum Gasteiger partial charge on any atom is -0.355 e. The minimum absolute atomic E-state index is 0.142. The molecule has 4 rings (SSSR count). The number of amides is 3. The molecule has 30 heavy (non-hydrogen) atoms. The zero-order valence-electron chi connectivity index (χ0n) is 17.6. The molecule has 2 fully saturated rings. The molecule has 0 atom stereocenters. The number of hydrogen-bond acceptors (Lipinski definition) is 5. The number of nitriles is 1. The molecule has 1 spiro atoms. The van der Waals surface area contributed by atoms with E-state index in [2.05, 4.69) is 16.0 Å². The number of hydrogen-bond donors (Lipinski definition) is 0. The van der Waals surface area contributed by atoms with Crippen molar-refractivity contribution in [3.05, 3.63) is 58.8 Å². The topological polar surface area (TPSA) is 80.5 Å². The van der Waals surface area contributed by atoms with Crippen LogP contribution in [-0.2, 0) is 11.3 Å². The van der Waals surface area contributed by atoms with Crippen LogP contribution in [0.15, 0.2) is 36.4 Å². The number of imide groups is 1. The average molecular weight is 403 g/mol. The monoisotopic (exact) mass is 403 g/mol. The van der Waals surface area contributed by atoms with E-state index in [9.17, 15) is 14.9 Å². The predicted octanol–water partition coefficient (Wildman–Crippen LogP) is 3.00. The van der Waals surface area contributed by atoms with Crippen molar-refractivity contribution < 1.29 is 9.59 Å². The van der Waals surface area contributed by atoms with Crippen molar-refractivity contribution >= 4 is 17.8 Å². The second kappa shape index (κ2) is 7.45. The number of aromatic nitrogens is 1. The van der Waals surface area contributed by atoms with Crippen molar-refractivity contribution in [3.63, 3.8) is 0 Å². The van der Waals surface area contributed by atoms with Crippen LogP contribution in [0.2, 0.25) is 0 Å². The molecule has 0 radical (unpaired) electrons. The number of rotatable bonds is 3. The Balaban J connectivity index is 1.61. The van der Waals surface area contributed by atoms with E-state index >= 15 is 0 Å². The summed E-state index contributed by atoms with van der Waals surface area (Å²) in [5.41, 5.74) is 2.57. The van der Waals surface area contributed by atoms with Crippen LogP contribution >= 0.6 is 0 Å². The Morgan fingerprint density at radius 3 is 2.43 bits per heavy atom. The number of anilines is 1. The summed E-state index contributed by atoms with van der Waals surface area (Å²) in [6.45, 7) is 5.39. The summed E-state index contributed by atoms with van der Waals surface area (Å²) in [5, 5.41) is 9.56. The smallest absolute Gasteiger partial charge is 0.327 e. The van der Waals surface area contributed by atoms with E-state index in [4.69, 9.17) is 0 Å². The van der Waals surface area contributed by atoms with Gasteiger partial charge in [0, 0.05) is 32.4 Å². The Kier molecular flexibility index (Phi) is 4.94. The molecule has 7 nitrogen and oxygen atoms in total. The van der Waals surface area contributed by atoms with Crippen LogP contribution in [0.3, 0.4) is 0 Å². The fourth-order valence-corrected chi connectivity index (χ4v) is 4.45. The molecular formula is C23H25N5O2. The highest BCUT2D eigenvalue weighted by Crippen LogP contribution is 2.39. The van der Waals surface area contributed by atoms with Crippen molar-refractivity contribution in [2.75, 3.05) is 25.0 Å². The molecule has 0 unspecified atom stereocenters. The molecule has 0 aliphatic carbocycles. The standard InChI is InChI=1S/C23H25N5O2/c1-16-13-19(14-24)20(25-17(16)2)27-11-9-23(10-12-27)21(29)26(3)22(30)28(23)15-18-7-5-4-6-8-18/h4-8,13H,9-12,15H2,1-3H3. The summed E-state index contributed by atoms with van der Waals surface area (Å²) in [6, 6.07) is 13.6. The van der Waals surface area contributed by atoms with Gasteiger partial charge in [0.2, 0.25) is 0 Å². The molecule has 2 aliphatic rings. The quantitative estimate of drug-likeness (QED) is 0.736. The molecule has 0 N–H and O–H groups in total. The van der Waals surface area contributed by atoms with Gasteiger partial charge in [-0.3, -0.25) is 9.69 Å². The maximum atomic E-state index is 13.1. The van der Waals surface area contributed by atoms with Crippen LogP contribution in [-0.4, -0.2) is 52.4 Å². The molecule has 1 aromatic carbocycles. The third-order valence-electron chi connectivity index (χ3n) is 6.38. The van der Waals surface area contributed by atoms with Crippen molar-refractivity contribution in [2.45, 2.75) is 38.8 Å². The van der Waals surface area contributed by atoms with Crippen molar-refractivity contribution in [3.8, 4) is 6.07 Å². The molecule has 154 valence electrons. The number of carbonyl (C=O) groups is 2. The van der Waals surface area contributed by atoms with E-state index in [1.54, 1.807) is 11.9 Å². The number of nitrogens with zero attached hydrogens (tertiary/aromatic N) is 5. The van der Waals surface area contributed by atoms with Gasteiger partial charge in [0.05, 0.1) is 5.56 Å². The fourth-order valence-electron chi connectivity index (χ4n) is 4.45. The molecular weight excluding hydrogens is 378 g/mol. The summed E-state index contributed by atoms with van der Waals surface area (Å²) in [7, 11) is 1.56. The SMILES string of the molecule is Cc1cc(C#N)c(N2CCC3(CC2)C(=O)N(C)C(=O)N3Cc2ccccc2)nc1C. The summed E-state index contributed by atoms with van der Waals surface area (Å²) >= 11 is 0. The van der Waals surface area contributed by atoms with E-state index in [0.29, 0.717) is 43.9 Å². The van der Waals surface area contributed by atoms with Gasteiger partial charge in [0.1, 0.15) is 17.4 Å². The molecule has 1 aromatic heterocycles. The maximum Gasteiger partial charge on any atom is 0.327 e. The van der Waals surface area contributed by atoms with Crippen molar-refractivity contribution in [2.24, 2.45) is 0 Å². The van der Waals surface area contributed by atoms with Crippen molar-refractivity contribution in [1.29, 1.82) is 5.26 Å². The van der Waals surface area contributed by atoms with Crippen LogP contribution in [0, 0.1) is 25.2 Å². The summed E-state index contributed by atoms with van der Waals surface area (Å²) in [4.78, 5) is 35.7. The molecule has 7 heteroatoms. The third-order valence-corrected chi connectivity index (χ3v) is 6.38. The van der Waals surface area contributed by atoms with Crippen LogP contribution in [0.4, 0.5) is 10.6 Å². The lowest BCUT2D eigenvalue weighted by atomic mass is 9.85. The van der Waals surface area contributed by atoms with E-state index in [-0.39, 0.29) is 11.9 Å². The number of pyridine rings is 1. The molecule has 0 saturated carbocycles. The first-order valence-electron chi connectivity index (χ1n) is 10.1. The molecule has 2 aliphatic heterocycles. The minimum atomic E-state index is -0.843. The highest BCUT2D eigenvalue weighted by molar-refractivity contribution is 6.06. The highest BCUT2D eigenvalue weighted by atomic mass is 16.2. The predicted molar refractivity (Wildman–Crippen MR) is 113 cm³/mol. The Labute approximate surface area is 176 Å². The largest absolute Gasteiger partial charge is 0.355 e. The Bertz CT molecular complexity index is 1040. The number of benzene rings is 1. The average Bonchev–Trinajstić information content (AvgIpc) is 2.93. The van der Waals surface area contributed by atoms with Crippen LogP contribution in [0.25, 0.3) is 0 Å². The lowest BCUT2D eigenvalue weighted by molar-refractivity contribution is -0.133. The number of aryl methyl sites for hydroxylation is 2. The van der Waals surface area contributed by atoms with E-state index in [1.807, 2.05) is 50.2 Å². The zero-order valence-corrected chi connectivity index (χ0v) is 17.6. The Hall–Kier alpha value is -3.40. The number of likely N-dealkylation sites (N-methyl/N-ethyl adjacent to an activating group) is 1. The Morgan fingerprint density at radius 1 is 1.13 bits per heavy atom. The van der Waals surface area contributed by atoms with Crippen molar-refractivity contribution in [1.82, 2.24) is 14.8 Å². The third kappa shape index (κ3) is 3.09. The first-order chi connectivity index (χ1) is 14.4. The maximum absolute atomic E-state index is 13.1. The van der Waals surface area contributed by atoms with Gasteiger partial charge >= 0.3 is 6.03 Å². The molecule has 0 bridgehead atoms. The molecule has 2 saturated heterocycles. The Morgan fingerprint density at radius 2 is 1.80 bits per heavy atom. The lowest BCUT2D eigenvalue weighted by Crippen LogP contribution is -2.56. The highest BCUT2D eigenvalue weighted by Gasteiger charge is 2.56. The van der Waals surface area contributed by atoms with Gasteiger partial charge in [-0.25, -0.2) is 9.78 Å². The second-order valence-corrected chi connectivity index (χ2v) is 8.11. The summed E-state index contributed by atoms with van der Waals surface area (Å²) in [6.07, 6.45) is 1.02. The summed E-state index contributed by atoms with van der Waals surface area (Å²) in [5.74, 6) is 0.520. The van der Waals surface area contributed by atoms with Gasteiger partial charge in [-0.1, -0.05) is 30.3 Å². The normalized spacial score (nSPS) is 18.3. The van der Waals surface area contributed by atoms with Gasteiger partial charge in [-0.2, -0.15) is 5.26 Å². The molecule has 3 amide bonds. The number of piperidine rings is 1. The number of urea groups is 1. The molecule has 3 heterocycles. The van der Waals surface area contributed by atoms with E-state index in [1.165, 1.54) is 4.90 Å². The molecule has 2 aromatic rings. The van der Waals surface area contributed by atoms with Gasteiger partial charge < -0.3 is 9.80 Å². The fraction of sp³-hybridized carbons (Fsp3) is 0.391. The van der Waals surface area contributed by atoms with Crippen LogP contribution in [0.5, 0.6) is 0 Å². The van der Waals surface area contributed by atoms with E-state index in [0.717, 1.165) is 16.8 Å². The van der Waals surface area contributed by atoms with Gasteiger partial charge in [-0.15, -0.1) is 0 Å². The zero-order chi connectivity index (χ0) is 21.5. The van der Waals surface area contributed by atoms with Crippen LogP contribution in [0.1, 0.15) is 35.2 Å². The summed E-state index contributed by atoms with van der Waals surface area (Å²) < 4.78 is 0. The van der Waals surface area contributed by atoms with Crippen LogP contribution < -0.4 is 4.90 Å². The van der Waals surface area contributed by atoms with Gasteiger partial charge in [0.25, 0.3) is 5.91 Å². The van der Waals surface area contributed by atoms with Gasteiger partial charge in [-0.05, 0) is 43.9 Å². The van der Waals surface area contributed by atoms with Gasteiger partial charge in [0.15, 0.2) is 0 Å². The first kappa shape index (κ1) is 19.9.